The molecule has 1 N–H and O–H groups in total. The number of rotatable bonds is 5. The summed E-state index contributed by atoms with van der Waals surface area (Å²) in [4.78, 5) is 15.1. The minimum Gasteiger partial charge on any atom is -0.450 e. The summed E-state index contributed by atoms with van der Waals surface area (Å²) in [5.74, 6) is 1.73. The van der Waals surface area contributed by atoms with Gasteiger partial charge in [0.25, 0.3) is 0 Å². The highest BCUT2D eigenvalue weighted by atomic mass is 16.2. The van der Waals surface area contributed by atoms with Crippen LogP contribution in [0.25, 0.3) is 99.8 Å². The largest absolute Gasteiger partial charge is 0.450 e. The molecule has 0 spiro atoms. The molecule has 11 rings (SSSR count). The fourth-order valence-electron chi connectivity index (χ4n) is 8.03. The van der Waals surface area contributed by atoms with Gasteiger partial charge in [0.1, 0.15) is 0 Å². The maximum absolute atomic E-state index is 10.1. The first-order chi connectivity index (χ1) is 25.7. The summed E-state index contributed by atoms with van der Waals surface area (Å²) in [5, 5.41) is 17.1. The molecule has 11 aromatic rings. The van der Waals surface area contributed by atoms with Crippen LogP contribution in [-0.2, 0) is 0 Å². The molecule has 0 amide bonds. The Morgan fingerprint density at radius 3 is 1.52 bits per heavy atom. The lowest BCUT2D eigenvalue weighted by Gasteiger charge is -2.11. The van der Waals surface area contributed by atoms with Crippen LogP contribution < -0.4 is 5.46 Å². The fraction of sp³-hybridized carbons (Fsp3) is 0. The van der Waals surface area contributed by atoms with Crippen molar-refractivity contribution in [3.05, 3.63) is 158 Å². The molecule has 0 aliphatic carbocycles. The lowest BCUT2D eigenvalue weighted by Crippen LogP contribution is -2.12. The highest BCUT2D eigenvalue weighted by molar-refractivity contribution is 6.46. The molecule has 6 nitrogen and oxygen atoms in total. The van der Waals surface area contributed by atoms with E-state index in [2.05, 4.69) is 87.8 Å². The van der Waals surface area contributed by atoms with Gasteiger partial charge in [-0.1, -0.05) is 121 Å². The summed E-state index contributed by atoms with van der Waals surface area (Å²) in [5.41, 5.74) is 10.4. The number of fused-ring (bicyclic) bond motifs is 9. The monoisotopic (exact) mass is 664 g/mol. The molecule has 0 unspecified atom stereocenters. The van der Waals surface area contributed by atoms with Gasteiger partial charge in [0.2, 0.25) is 5.95 Å². The van der Waals surface area contributed by atoms with Gasteiger partial charge in [0.05, 0.1) is 27.6 Å². The molecule has 241 valence electrons. The fourth-order valence-corrected chi connectivity index (χ4v) is 8.03. The quantitative estimate of drug-likeness (QED) is 0.186. The standard InChI is InChI=1S/C45H27BN5O/c52-46-31-20-22-41-35(26-31)34-23-29(30-24-36-32-15-7-9-17-38(32)50-39-18-10-8-16-33(39)37(25-30)42(36)50)19-21-40(34)51(41)45-48-43(27-11-3-1-4-12-27)47-44(49-45)28-13-5-2-6-14-28/h1-26,52H. The zero-order chi connectivity index (χ0) is 34.3. The minimum absolute atomic E-state index is 0.528. The molecule has 52 heavy (non-hydrogen) atoms. The van der Waals surface area contributed by atoms with Crippen LogP contribution in [0.5, 0.6) is 0 Å². The first-order valence-corrected chi connectivity index (χ1v) is 17.3. The van der Waals surface area contributed by atoms with Crippen LogP contribution in [0.3, 0.4) is 0 Å². The van der Waals surface area contributed by atoms with Crippen LogP contribution in [0, 0.1) is 0 Å². The molecular formula is C45H27BN5O. The van der Waals surface area contributed by atoms with E-state index in [9.17, 15) is 5.02 Å². The van der Waals surface area contributed by atoms with E-state index in [4.69, 9.17) is 15.0 Å². The lowest BCUT2D eigenvalue weighted by atomic mass is 9.87. The van der Waals surface area contributed by atoms with Crippen LogP contribution in [0.4, 0.5) is 0 Å². The molecule has 0 atom stereocenters. The van der Waals surface area contributed by atoms with Gasteiger partial charge in [-0.25, -0.2) is 4.98 Å². The van der Waals surface area contributed by atoms with Crippen molar-refractivity contribution in [1.29, 1.82) is 0 Å². The molecule has 0 aliphatic heterocycles. The summed E-state index contributed by atoms with van der Waals surface area (Å²) in [6, 6.07) is 54.7. The van der Waals surface area contributed by atoms with E-state index < -0.39 is 0 Å². The Morgan fingerprint density at radius 1 is 0.404 bits per heavy atom. The predicted octanol–water partition coefficient (Wildman–Crippen LogP) is 9.36. The van der Waals surface area contributed by atoms with Gasteiger partial charge in [0, 0.05) is 43.4 Å². The molecule has 0 saturated carbocycles. The zero-order valence-electron chi connectivity index (χ0n) is 27.8. The number of para-hydroxylation sites is 2. The summed E-state index contributed by atoms with van der Waals surface area (Å²) in [6.07, 6.45) is 0. The summed E-state index contributed by atoms with van der Waals surface area (Å²) >= 11 is 0. The van der Waals surface area contributed by atoms with Crippen LogP contribution in [0.2, 0.25) is 0 Å². The number of benzene rings is 7. The van der Waals surface area contributed by atoms with Crippen LogP contribution >= 0.6 is 0 Å². The molecule has 4 aromatic heterocycles. The molecule has 0 fully saturated rings. The Kier molecular flexibility index (Phi) is 6.18. The van der Waals surface area contributed by atoms with Crippen molar-refractivity contribution in [2.24, 2.45) is 0 Å². The zero-order valence-corrected chi connectivity index (χ0v) is 27.8. The van der Waals surface area contributed by atoms with E-state index >= 15 is 0 Å². The maximum atomic E-state index is 10.1. The number of hydrogen-bond donors (Lipinski definition) is 1. The van der Waals surface area contributed by atoms with E-state index in [0.717, 1.165) is 57.0 Å². The van der Waals surface area contributed by atoms with Gasteiger partial charge in [-0.15, -0.1) is 0 Å². The van der Waals surface area contributed by atoms with Crippen LogP contribution in [0.15, 0.2) is 158 Å². The van der Waals surface area contributed by atoms with Gasteiger partial charge < -0.3 is 9.42 Å². The van der Waals surface area contributed by atoms with E-state index in [-0.39, 0.29) is 0 Å². The topological polar surface area (TPSA) is 68.2 Å². The van der Waals surface area contributed by atoms with Crippen molar-refractivity contribution in [2.45, 2.75) is 0 Å². The van der Waals surface area contributed by atoms with Crippen molar-refractivity contribution >= 4 is 72.8 Å². The van der Waals surface area contributed by atoms with Crippen LogP contribution in [0.1, 0.15) is 0 Å². The molecule has 0 saturated heterocycles. The Bertz CT molecular complexity index is 3030. The molecular weight excluding hydrogens is 637 g/mol. The number of nitrogens with zero attached hydrogens (tertiary/aromatic N) is 5. The van der Waals surface area contributed by atoms with E-state index in [1.807, 2.05) is 78.9 Å². The van der Waals surface area contributed by atoms with Gasteiger partial charge >= 0.3 is 7.48 Å². The predicted molar refractivity (Wildman–Crippen MR) is 213 cm³/mol. The van der Waals surface area contributed by atoms with Gasteiger partial charge in [-0.3, -0.25) is 4.57 Å². The van der Waals surface area contributed by atoms with Crippen molar-refractivity contribution in [3.63, 3.8) is 0 Å². The lowest BCUT2D eigenvalue weighted by molar-refractivity contribution is 0.615. The Labute approximate surface area is 298 Å². The van der Waals surface area contributed by atoms with Gasteiger partial charge in [-0.05, 0) is 53.6 Å². The van der Waals surface area contributed by atoms with Crippen molar-refractivity contribution in [2.75, 3.05) is 0 Å². The van der Waals surface area contributed by atoms with Crippen molar-refractivity contribution < 1.29 is 5.02 Å². The third kappa shape index (κ3) is 4.20. The Balaban J connectivity index is 1.18. The second-order valence-corrected chi connectivity index (χ2v) is 13.3. The summed E-state index contributed by atoms with van der Waals surface area (Å²) in [6.45, 7) is 0. The maximum Gasteiger partial charge on any atom is 0.326 e. The Morgan fingerprint density at radius 2 is 0.923 bits per heavy atom. The van der Waals surface area contributed by atoms with E-state index in [1.54, 1.807) is 0 Å². The van der Waals surface area contributed by atoms with Gasteiger partial charge in [-0.2, -0.15) is 9.97 Å². The Hall–Kier alpha value is -6.83. The van der Waals surface area contributed by atoms with E-state index in [1.165, 1.54) is 38.1 Å². The molecule has 1 radical (unpaired) electrons. The number of hydrogen-bond acceptors (Lipinski definition) is 4. The van der Waals surface area contributed by atoms with Crippen molar-refractivity contribution in [3.8, 4) is 39.9 Å². The first kappa shape index (κ1) is 29.0. The summed E-state index contributed by atoms with van der Waals surface area (Å²) in [7, 11) is 1.15. The molecule has 4 heterocycles. The molecule has 7 heteroatoms. The smallest absolute Gasteiger partial charge is 0.326 e. The highest BCUT2D eigenvalue weighted by Crippen LogP contribution is 2.42. The number of aromatic nitrogens is 5. The minimum atomic E-state index is 0.528. The van der Waals surface area contributed by atoms with Crippen LogP contribution in [-0.4, -0.2) is 36.4 Å². The second-order valence-electron chi connectivity index (χ2n) is 13.3. The average Bonchev–Trinajstić information content (AvgIpc) is 3.85. The average molecular weight is 665 g/mol. The third-order valence-corrected chi connectivity index (χ3v) is 10.4. The highest BCUT2D eigenvalue weighted by Gasteiger charge is 2.21. The summed E-state index contributed by atoms with van der Waals surface area (Å²) < 4.78 is 4.52. The molecule has 0 bridgehead atoms. The van der Waals surface area contributed by atoms with Crippen molar-refractivity contribution in [1.82, 2.24) is 23.9 Å². The molecule has 0 aliphatic rings. The first-order valence-electron chi connectivity index (χ1n) is 17.3. The normalized spacial score (nSPS) is 11.9. The van der Waals surface area contributed by atoms with Gasteiger partial charge in [0.15, 0.2) is 11.6 Å². The SMILES string of the molecule is O[B]c1ccc2c(c1)c1cc(-c3cc4c5ccccc5n5c6ccccc6c(c3)c45)ccc1n2-c1nc(-c2ccccc2)nc(-c2ccccc2)n1. The second kappa shape index (κ2) is 11.1. The van der Waals surface area contributed by atoms with E-state index in [0.29, 0.717) is 17.6 Å². The molecule has 7 aromatic carbocycles. The third-order valence-electron chi connectivity index (χ3n) is 10.4.